The first-order chi connectivity index (χ1) is 9.77. The van der Waals surface area contributed by atoms with Gasteiger partial charge in [0.1, 0.15) is 5.75 Å². The van der Waals surface area contributed by atoms with E-state index in [1.807, 2.05) is 18.2 Å². The first kappa shape index (κ1) is 16.7. The van der Waals surface area contributed by atoms with E-state index in [1.54, 1.807) is 0 Å². The molecule has 21 heavy (non-hydrogen) atoms. The zero-order valence-corrected chi connectivity index (χ0v) is 14.3. The van der Waals surface area contributed by atoms with Gasteiger partial charge in [-0.2, -0.15) is 0 Å². The number of halogens is 1. The van der Waals surface area contributed by atoms with Crippen LogP contribution < -0.4 is 10.2 Å². The van der Waals surface area contributed by atoms with Gasteiger partial charge in [-0.3, -0.25) is 0 Å². The predicted octanol–water partition coefficient (Wildman–Crippen LogP) is 3.30. The van der Waals surface area contributed by atoms with Crippen LogP contribution in [0.15, 0.2) is 18.2 Å². The molecule has 0 amide bonds. The number of rotatable bonds is 5. The van der Waals surface area contributed by atoms with Crippen LogP contribution in [0.2, 0.25) is 0 Å². The second-order valence-electron chi connectivity index (χ2n) is 6.50. The van der Waals surface area contributed by atoms with Crippen LogP contribution in [-0.4, -0.2) is 30.8 Å². The predicted molar refractivity (Wildman–Crippen MR) is 87.7 cm³/mol. The third-order valence-corrected chi connectivity index (χ3v) is 4.56. The first-order valence-electron chi connectivity index (χ1n) is 7.42. The molecule has 1 saturated heterocycles. The van der Waals surface area contributed by atoms with Crippen LogP contribution in [0.5, 0.6) is 5.75 Å². The van der Waals surface area contributed by atoms with E-state index in [0.717, 1.165) is 23.2 Å². The van der Waals surface area contributed by atoms with Crippen LogP contribution in [0.3, 0.4) is 0 Å². The van der Waals surface area contributed by atoms with Gasteiger partial charge >= 0.3 is 7.12 Å². The number of alkyl halides is 1. The molecule has 0 atom stereocenters. The monoisotopic (exact) mass is 310 g/mol. The maximum atomic E-state index is 6.09. The molecule has 0 bridgehead atoms. The fourth-order valence-corrected chi connectivity index (χ4v) is 2.33. The molecule has 2 rings (SSSR count). The molecule has 1 aromatic rings. The fraction of sp³-hybridized carbons (Fsp3) is 0.625. The Labute approximate surface area is 133 Å². The highest BCUT2D eigenvalue weighted by molar-refractivity contribution is 6.62. The topological polar surface area (TPSA) is 27.7 Å². The second-order valence-corrected chi connectivity index (χ2v) is 6.88. The average molecular weight is 311 g/mol. The van der Waals surface area contributed by atoms with Gasteiger partial charge in [0.25, 0.3) is 0 Å². The largest absolute Gasteiger partial charge is 0.495 e. The number of hydrogen-bond acceptors (Lipinski definition) is 3. The summed E-state index contributed by atoms with van der Waals surface area (Å²) >= 11 is 5.65. The molecule has 1 fully saturated rings. The van der Waals surface area contributed by atoms with Crippen molar-refractivity contribution in [1.82, 2.24) is 0 Å². The van der Waals surface area contributed by atoms with E-state index in [1.165, 1.54) is 0 Å². The summed E-state index contributed by atoms with van der Waals surface area (Å²) in [4.78, 5) is 0. The van der Waals surface area contributed by atoms with Crippen LogP contribution in [-0.2, 0) is 9.31 Å². The molecular formula is C16H24BClO3. The zero-order valence-electron chi connectivity index (χ0n) is 13.5. The highest BCUT2D eigenvalue weighted by atomic mass is 35.5. The van der Waals surface area contributed by atoms with E-state index >= 15 is 0 Å². The van der Waals surface area contributed by atoms with Crippen molar-refractivity contribution in [2.45, 2.75) is 52.2 Å². The van der Waals surface area contributed by atoms with Crippen molar-refractivity contribution in [3.8, 4) is 5.75 Å². The summed E-state index contributed by atoms with van der Waals surface area (Å²) in [6.45, 7) is 10.9. The Morgan fingerprint density at radius 2 is 1.76 bits per heavy atom. The molecule has 1 aliphatic heterocycles. The molecular weight excluding hydrogens is 286 g/mol. The lowest BCUT2D eigenvalue weighted by Gasteiger charge is -2.32. The summed E-state index contributed by atoms with van der Waals surface area (Å²) in [7, 11) is -0.327. The van der Waals surface area contributed by atoms with E-state index in [0.29, 0.717) is 12.5 Å². The molecule has 5 heteroatoms. The molecule has 0 saturated carbocycles. The van der Waals surface area contributed by atoms with E-state index in [2.05, 4.69) is 34.6 Å². The summed E-state index contributed by atoms with van der Waals surface area (Å²) in [5, 5.41) is 0. The highest BCUT2D eigenvalue weighted by Gasteiger charge is 2.52. The van der Waals surface area contributed by atoms with Gasteiger partial charge in [-0.15, -0.1) is 11.6 Å². The van der Waals surface area contributed by atoms with Crippen molar-refractivity contribution in [3.63, 3.8) is 0 Å². The Balaban J connectivity index is 2.12. The van der Waals surface area contributed by atoms with Crippen LogP contribution in [0, 0.1) is 6.92 Å². The van der Waals surface area contributed by atoms with E-state index in [9.17, 15) is 0 Å². The molecule has 3 nitrogen and oxygen atoms in total. The second kappa shape index (κ2) is 6.19. The third-order valence-electron chi connectivity index (χ3n) is 4.30. The Morgan fingerprint density at radius 3 is 2.29 bits per heavy atom. The molecule has 0 unspecified atom stereocenters. The summed E-state index contributed by atoms with van der Waals surface area (Å²) in [5.74, 6) is 1.48. The smallest absolute Gasteiger partial charge is 0.494 e. The first-order valence-corrected chi connectivity index (χ1v) is 7.95. The molecule has 0 radical (unpaired) electrons. The van der Waals surface area contributed by atoms with Gasteiger partial charge < -0.3 is 14.0 Å². The Hall–Kier alpha value is -0.705. The molecule has 0 aliphatic carbocycles. The molecule has 116 valence electrons. The van der Waals surface area contributed by atoms with Gasteiger partial charge in [-0.25, -0.2) is 0 Å². The number of ether oxygens (including phenoxy) is 1. The summed E-state index contributed by atoms with van der Waals surface area (Å²) in [6, 6.07) is 6.00. The average Bonchev–Trinajstić information content (AvgIpc) is 2.58. The molecule has 0 aromatic heterocycles. The van der Waals surface area contributed by atoms with Crippen molar-refractivity contribution in [3.05, 3.63) is 23.8 Å². The van der Waals surface area contributed by atoms with Crippen LogP contribution in [0.1, 0.15) is 39.7 Å². The number of aryl methyl sites for hydroxylation is 1. The summed E-state index contributed by atoms with van der Waals surface area (Å²) < 4.78 is 17.8. The van der Waals surface area contributed by atoms with Gasteiger partial charge in [-0.05, 0) is 64.2 Å². The van der Waals surface area contributed by atoms with Crippen LogP contribution >= 0.6 is 11.6 Å². The van der Waals surface area contributed by atoms with Crippen LogP contribution in [0.4, 0.5) is 0 Å². The Morgan fingerprint density at radius 1 is 1.14 bits per heavy atom. The lowest BCUT2D eigenvalue weighted by Crippen LogP contribution is -2.41. The van der Waals surface area contributed by atoms with Crippen molar-refractivity contribution >= 4 is 24.2 Å². The van der Waals surface area contributed by atoms with E-state index < -0.39 is 0 Å². The van der Waals surface area contributed by atoms with Gasteiger partial charge in [0.15, 0.2) is 0 Å². The molecule has 0 N–H and O–H groups in total. The normalized spacial score (nSPS) is 19.8. The van der Waals surface area contributed by atoms with Gasteiger partial charge in [0.05, 0.1) is 17.8 Å². The lowest BCUT2D eigenvalue weighted by atomic mass is 9.76. The lowest BCUT2D eigenvalue weighted by molar-refractivity contribution is 0.00578. The Bertz CT molecular complexity index is 486. The minimum absolute atomic E-state index is 0.320. The minimum Gasteiger partial charge on any atom is -0.494 e. The number of hydrogen-bond donors (Lipinski definition) is 0. The molecule has 0 spiro atoms. The standard InChI is InChI=1S/C16H24BClO3/c1-12-11-13(19-10-6-9-18)7-8-14(12)17-20-15(2,3)16(4,5)21-17/h7-8,11H,6,9-10H2,1-5H3. The van der Waals surface area contributed by atoms with E-state index in [4.69, 9.17) is 25.6 Å². The zero-order chi connectivity index (χ0) is 15.7. The molecule has 1 heterocycles. The Kier molecular flexibility index (Phi) is 4.91. The highest BCUT2D eigenvalue weighted by Crippen LogP contribution is 2.36. The maximum Gasteiger partial charge on any atom is 0.495 e. The fourth-order valence-electron chi connectivity index (χ4n) is 2.22. The van der Waals surface area contributed by atoms with Gasteiger partial charge in [0, 0.05) is 5.88 Å². The van der Waals surface area contributed by atoms with Crippen molar-refractivity contribution in [2.24, 2.45) is 0 Å². The molecule has 1 aromatic carbocycles. The van der Waals surface area contributed by atoms with Gasteiger partial charge in [-0.1, -0.05) is 6.07 Å². The third kappa shape index (κ3) is 3.55. The maximum absolute atomic E-state index is 6.09. The van der Waals surface area contributed by atoms with Crippen molar-refractivity contribution < 1.29 is 14.0 Å². The summed E-state index contributed by atoms with van der Waals surface area (Å²) in [6.07, 6.45) is 0.847. The summed E-state index contributed by atoms with van der Waals surface area (Å²) in [5.41, 5.74) is 1.52. The van der Waals surface area contributed by atoms with Crippen LogP contribution in [0.25, 0.3) is 0 Å². The molecule has 1 aliphatic rings. The quantitative estimate of drug-likeness (QED) is 0.474. The minimum atomic E-state index is -0.327. The van der Waals surface area contributed by atoms with Crippen molar-refractivity contribution in [1.29, 1.82) is 0 Å². The number of benzene rings is 1. The van der Waals surface area contributed by atoms with Crippen molar-refractivity contribution in [2.75, 3.05) is 12.5 Å². The SMILES string of the molecule is Cc1cc(OCCCCl)ccc1B1OC(C)(C)C(C)(C)O1. The van der Waals surface area contributed by atoms with E-state index in [-0.39, 0.29) is 18.3 Å². The van der Waals surface area contributed by atoms with Gasteiger partial charge in [0.2, 0.25) is 0 Å².